The van der Waals surface area contributed by atoms with Gasteiger partial charge in [-0.2, -0.15) is 0 Å². The van der Waals surface area contributed by atoms with Gasteiger partial charge in [-0.05, 0) is 37.1 Å². The van der Waals surface area contributed by atoms with E-state index in [1.165, 1.54) is 0 Å². The molecule has 3 aromatic rings. The van der Waals surface area contributed by atoms with Crippen LogP contribution < -0.4 is 0 Å². The minimum atomic E-state index is 0.130. The zero-order valence-corrected chi connectivity index (χ0v) is 16.2. The van der Waals surface area contributed by atoms with Crippen LogP contribution in [-0.2, 0) is 24.3 Å². The van der Waals surface area contributed by atoms with Gasteiger partial charge in [0, 0.05) is 24.5 Å². The molecular weight excluding hydrogens is 378 g/mol. The van der Waals surface area contributed by atoms with Gasteiger partial charge >= 0.3 is 0 Å². The maximum atomic E-state index is 12.5. The molecule has 0 atom stereocenters. The molecule has 0 fully saturated rings. The summed E-state index contributed by atoms with van der Waals surface area (Å²) in [4.78, 5) is 19.0. The highest BCUT2D eigenvalue weighted by atomic mass is 79.9. The van der Waals surface area contributed by atoms with Gasteiger partial charge in [0.2, 0.25) is 5.91 Å². The van der Waals surface area contributed by atoms with Gasteiger partial charge in [-0.25, -0.2) is 4.98 Å². The molecule has 25 heavy (non-hydrogen) atoms. The zero-order valence-electron chi connectivity index (χ0n) is 14.6. The molecule has 2 aromatic carbocycles. The second-order valence-electron chi connectivity index (χ2n) is 6.10. The van der Waals surface area contributed by atoms with Crippen molar-refractivity contribution in [2.24, 2.45) is 0 Å². The first-order valence-corrected chi connectivity index (χ1v) is 9.31. The van der Waals surface area contributed by atoms with E-state index < -0.39 is 0 Å². The van der Waals surface area contributed by atoms with Crippen LogP contribution in [-0.4, -0.2) is 27.4 Å². The largest absolute Gasteiger partial charge is 0.338 e. The Morgan fingerprint density at radius 1 is 1.16 bits per heavy atom. The average Bonchev–Trinajstić information content (AvgIpc) is 2.97. The van der Waals surface area contributed by atoms with Crippen molar-refractivity contribution >= 4 is 32.9 Å². The van der Waals surface area contributed by atoms with Crippen molar-refractivity contribution < 1.29 is 4.79 Å². The van der Waals surface area contributed by atoms with Crippen LogP contribution in [0.2, 0.25) is 0 Å². The molecule has 0 saturated carbocycles. The third-order valence-electron chi connectivity index (χ3n) is 4.42. The van der Waals surface area contributed by atoms with Crippen molar-refractivity contribution in [2.75, 3.05) is 7.05 Å². The Morgan fingerprint density at radius 3 is 2.64 bits per heavy atom. The lowest BCUT2D eigenvalue weighted by atomic mass is 10.1. The summed E-state index contributed by atoms with van der Waals surface area (Å²) < 4.78 is 3.23. The van der Waals surface area contributed by atoms with Crippen LogP contribution in [0.5, 0.6) is 0 Å². The predicted octanol–water partition coefficient (Wildman–Crippen LogP) is 4.41. The smallest absolute Gasteiger partial charge is 0.223 e. The highest BCUT2D eigenvalue weighted by Crippen LogP contribution is 2.19. The average molecular weight is 400 g/mol. The maximum absolute atomic E-state index is 12.5. The molecule has 0 spiro atoms. The van der Waals surface area contributed by atoms with Crippen molar-refractivity contribution in [2.45, 2.75) is 32.9 Å². The number of hydrogen-bond donors (Lipinski definition) is 0. The van der Waals surface area contributed by atoms with Gasteiger partial charge in [0.05, 0.1) is 17.6 Å². The summed E-state index contributed by atoms with van der Waals surface area (Å²) >= 11 is 3.54. The van der Waals surface area contributed by atoms with Gasteiger partial charge in [-0.3, -0.25) is 4.79 Å². The van der Waals surface area contributed by atoms with Crippen LogP contribution in [0.15, 0.2) is 53.0 Å². The second-order valence-corrected chi connectivity index (χ2v) is 6.96. The molecule has 0 aliphatic heterocycles. The number of amides is 1. The van der Waals surface area contributed by atoms with E-state index in [0.717, 1.165) is 39.9 Å². The fraction of sp³-hybridized carbons (Fsp3) is 0.300. The Balaban J connectivity index is 1.68. The van der Waals surface area contributed by atoms with Crippen molar-refractivity contribution in [3.8, 4) is 0 Å². The molecule has 0 unspecified atom stereocenters. The molecule has 0 radical (unpaired) electrons. The fourth-order valence-electron chi connectivity index (χ4n) is 3.03. The van der Waals surface area contributed by atoms with E-state index in [-0.39, 0.29) is 5.91 Å². The first-order valence-electron chi connectivity index (χ1n) is 8.51. The number of aromatic nitrogens is 2. The lowest BCUT2D eigenvalue weighted by Gasteiger charge is -2.18. The Bertz CT molecular complexity index is 888. The number of aryl methyl sites for hydroxylation is 2. The Labute approximate surface area is 156 Å². The lowest BCUT2D eigenvalue weighted by Crippen LogP contribution is -2.28. The van der Waals surface area contributed by atoms with E-state index in [2.05, 4.69) is 33.5 Å². The molecule has 0 saturated heterocycles. The van der Waals surface area contributed by atoms with Crippen LogP contribution >= 0.6 is 15.9 Å². The highest BCUT2D eigenvalue weighted by molar-refractivity contribution is 9.10. The first kappa shape index (κ1) is 17.7. The van der Waals surface area contributed by atoms with Crippen LogP contribution in [0.4, 0.5) is 0 Å². The number of nitrogens with zero attached hydrogens (tertiary/aromatic N) is 3. The number of halogens is 1. The van der Waals surface area contributed by atoms with Gasteiger partial charge in [-0.15, -0.1) is 0 Å². The van der Waals surface area contributed by atoms with Crippen LogP contribution in [0.3, 0.4) is 0 Å². The number of imidazole rings is 1. The Kier molecular flexibility index (Phi) is 5.53. The van der Waals surface area contributed by atoms with Gasteiger partial charge in [0.25, 0.3) is 0 Å². The molecule has 5 heteroatoms. The summed E-state index contributed by atoms with van der Waals surface area (Å²) in [6.07, 6.45) is 1.22. The predicted molar refractivity (Wildman–Crippen MR) is 104 cm³/mol. The summed E-state index contributed by atoms with van der Waals surface area (Å²) in [5, 5.41) is 0. The molecular formula is C20H22BrN3O. The third-order valence-corrected chi connectivity index (χ3v) is 5.19. The molecule has 0 N–H and O–H groups in total. The third kappa shape index (κ3) is 3.93. The standard InChI is InChI=1S/C20H22BrN3O/c1-3-24-18-11-7-6-10-17(18)22-19(24)14-23(2)20(25)13-12-15-8-4-5-9-16(15)21/h4-11H,3,12-14H2,1-2H3. The van der Waals surface area contributed by atoms with Crippen LogP contribution in [0.25, 0.3) is 11.0 Å². The molecule has 1 amide bonds. The number of para-hydroxylation sites is 2. The van der Waals surface area contributed by atoms with E-state index in [1.54, 1.807) is 4.90 Å². The maximum Gasteiger partial charge on any atom is 0.223 e. The van der Waals surface area contributed by atoms with Gasteiger partial charge in [-0.1, -0.05) is 46.3 Å². The minimum Gasteiger partial charge on any atom is -0.338 e. The van der Waals surface area contributed by atoms with E-state index >= 15 is 0 Å². The van der Waals surface area contributed by atoms with Gasteiger partial charge in [0.1, 0.15) is 5.82 Å². The van der Waals surface area contributed by atoms with E-state index in [0.29, 0.717) is 13.0 Å². The van der Waals surface area contributed by atoms with Crippen LogP contribution in [0, 0.1) is 0 Å². The van der Waals surface area contributed by atoms with Crippen LogP contribution in [0.1, 0.15) is 24.7 Å². The fourth-order valence-corrected chi connectivity index (χ4v) is 3.52. The van der Waals surface area contributed by atoms with Crippen molar-refractivity contribution in [1.82, 2.24) is 14.5 Å². The molecule has 4 nitrogen and oxygen atoms in total. The number of carbonyl (C=O) groups is 1. The van der Waals surface area contributed by atoms with E-state index in [9.17, 15) is 4.79 Å². The lowest BCUT2D eigenvalue weighted by molar-refractivity contribution is -0.130. The monoisotopic (exact) mass is 399 g/mol. The number of rotatable bonds is 6. The SMILES string of the molecule is CCn1c(CN(C)C(=O)CCc2ccccc2Br)nc2ccccc21. The summed E-state index contributed by atoms with van der Waals surface area (Å²) in [6.45, 7) is 3.47. The van der Waals surface area contributed by atoms with Gasteiger partial charge < -0.3 is 9.47 Å². The second kappa shape index (κ2) is 7.83. The molecule has 130 valence electrons. The number of hydrogen-bond acceptors (Lipinski definition) is 2. The first-order chi connectivity index (χ1) is 12.1. The Hall–Kier alpha value is -2.14. The molecule has 1 aromatic heterocycles. The normalized spacial score (nSPS) is 11.0. The topological polar surface area (TPSA) is 38.1 Å². The van der Waals surface area contributed by atoms with Crippen molar-refractivity contribution in [3.63, 3.8) is 0 Å². The molecule has 0 aliphatic rings. The van der Waals surface area contributed by atoms with E-state index in [1.807, 2.05) is 49.5 Å². The van der Waals surface area contributed by atoms with Gasteiger partial charge in [0.15, 0.2) is 0 Å². The number of fused-ring (bicyclic) bond motifs is 1. The summed E-state index contributed by atoms with van der Waals surface area (Å²) in [5.74, 6) is 1.06. The summed E-state index contributed by atoms with van der Waals surface area (Å²) in [7, 11) is 1.85. The molecule has 0 aliphatic carbocycles. The van der Waals surface area contributed by atoms with Crippen molar-refractivity contribution in [1.29, 1.82) is 0 Å². The Morgan fingerprint density at radius 2 is 1.88 bits per heavy atom. The minimum absolute atomic E-state index is 0.130. The summed E-state index contributed by atoms with van der Waals surface area (Å²) in [6, 6.07) is 16.1. The molecule has 1 heterocycles. The van der Waals surface area contributed by atoms with Crippen molar-refractivity contribution in [3.05, 3.63) is 64.4 Å². The number of benzene rings is 2. The molecule has 0 bridgehead atoms. The zero-order chi connectivity index (χ0) is 17.8. The summed E-state index contributed by atoms with van der Waals surface area (Å²) in [5.41, 5.74) is 3.26. The highest BCUT2D eigenvalue weighted by Gasteiger charge is 2.15. The van der Waals surface area contributed by atoms with E-state index in [4.69, 9.17) is 4.98 Å². The number of carbonyl (C=O) groups excluding carboxylic acids is 1. The quantitative estimate of drug-likeness (QED) is 0.615. The molecule has 3 rings (SSSR count).